The molecule has 1 aliphatic carbocycles. The molecule has 1 rings (SSSR count). The summed E-state index contributed by atoms with van der Waals surface area (Å²) in [5, 5.41) is 0. The second-order valence-electron chi connectivity index (χ2n) is 5.71. The monoisotopic (exact) mass is 229 g/mol. The molecule has 1 fully saturated rings. The van der Waals surface area contributed by atoms with Crippen molar-refractivity contribution in [3.63, 3.8) is 0 Å². The van der Waals surface area contributed by atoms with Crippen molar-refractivity contribution in [2.24, 2.45) is 11.7 Å². The Hall–Kier alpha value is -0.120. The highest BCUT2D eigenvalue weighted by Crippen LogP contribution is 2.25. The third-order valence-electron chi connectivity index (χ3n) is 3.69. The average molecular weight is 229 g/mol. The molecule has 0 saturated heterocycles. The summed E-state index contributed by atoms with van der Waals surface area (Å²) in [4.78, 5) is 0. The molecule has 0 aliphatic heterocycles. The normalized spacial score (nSPS) is 31.7. The first-order valence-electron chi connectivity index (χ1n) is 6.37. The maximum absolute atomic E-state index is 6.07. The van der Waals surface area contributed by atoms with Crippen LogP contribution in [0.15, 0.2) is 0 Å². The minimum absolute atomic E-state index is 0.0929. The summed E-state index contributed by atoms with van der Waals surface area (Å²) >= 11 is 0. The van der Waals surface area contributed by atoms with Gasteiger partial charge in [0.05, 0.1) is 11.7 Å². The zero-order valence-electron chi connectivity index (χ0n) is 11.2. The summed E-state index contributed by atoms with van der Waals surface area (Å²) < 4.78 is 11.3. The summed E-state index contributed by atoms with van der Waals surface area (Å²) in [6.07, 6.45) is 4.61. The van der Waals surface area contributed by atoms with E-state index in [1.54, 1.807) is 7.11 Å². The number of methoxy groups -OCH3 is 1. The zero-order valence-corrected chi connectivity index (χ0v) is 11.2. The fourth-order valence-electron chi connectivity index (χ4n) is 2.10. The van der Waals surface area contributed by atoms with Gasteiger partial charge in [0.25, 0.3) is 0 Å². The molecule has 3 heteroatoms. The van der Waals surface area contributed by atoms with Gasteiger partial charge in [-0.3, -0.25) is 0 Å². The minimum atomic E-state index is -0.0929. The zero-order chi connectivity index (χ0) is 12.2. The van der Waals surface area contributed by atoms with Crippen LogP contribution >= 0.6 is 0 Å². The molecule has 2 N–H and O–H groups in total. The van der Waals surface area contributed by atoms with Crippen LogP contribution in [0.4, 0.5) is 0 Å². The largest absolute Gasteiger partial charge is 0.379 e. The number of rotatable bonds is 5. The summed E-state index contributed by atoms with van der Waals surface area (Å²) in [5.74, 6) is 0.750. The summed E-state index contributed by atoms with van der Waals surface area (Å²) in [6.45, 7) is 7.19. The van der Waals surface area contributed by atoms with Crippen molar-refractivity contribution < 1.29 is 9.47 Å². The summed E-state index contributed by atoms with van der Waals surface area (Å²) in [6, 6.07) is 0.224. The molecule has 1 saturated carbocycles. The lowest BCUT2D eigenvalue weighted by molar-refractivity contribution is -0.0441. The smallest absolute Gasteiger partial charge is 0.0728 e. The quantitative estimate of drug-likeness (QED) is 0.787. The molecule has 0 radical (unpaired) electrons. The molecule has 0 aromatic heterocycles. The van der Waals surface area contributed by atoms with Crippen LogP contribution < -0.4 is 5.73 Å². The van der Waals surface area contributed by atoms with Gasteiger partial charge < -0.3 is 15.2 Å². The molecule has 96 valence electrons. The van der Waals surface area contributed by atoms with Crippen molar-refractivity contribution >= 4 is 0 Å². The first-order chi connectivity index (χ1) is 7.44. The summed E-state index contributed by atoms with van der Waals surface area (Å²) in [7, 11) is 1.74. The van der Waals surface area contributed by atoms with Gasteiger partial charge in [-0.15, -0.1) is 0 Å². The van der Waals surface area contributed by atoms with Crippen molar-refractivity contribution in [3.05, 3.63) is 0 Å². The molecule has 3 nitrogen and oxygen atoms in total. The standard InChI is InChI=1S/C13H27NO2/c1-10-5-6-11(14)12(9-10)16-8-7-13(2,3)15-4/h10-12H,5-9,14H2,1-4H3. The van der Waals surface area contributed by atoms with Crippen LogP contribution in [0.2, 0.25) is 0 Å². The third-order valence-corrected chi connectivity index (χ3v) is 3.69. The van der Waals surface area contributed by atoms with E-state index in [4.69, 9.17) is 15.2 Å². The lowest BCUT2D eigenvalue weighted by Gasteiger charge is -2.33. The van der Waals surface area contributed by atoms with E-state index in [9.17, 15) is 0 Å². The van der Waals surface area contributed by atoms with E-state index in [0.29, 0.717) is 0 Å². The Kier molecular flexibility index (Phi) is 5.22. The van der Waals surface area contributed by atoms with Crippen LogP contribution in [0.25, 0.3) is 0 Å². The van der Waals surface area contributed by atoms with Crippen LogP contribution in [-0.4, -0.2) is 31.5 Å². The Balaban J connectivity index is 2.26. The van der Waals surface area contributed by atoms with E-state index >= 15 is 0 Å². The predicted molar refractivity (Wildman–Crippen MR) is 66.4 cm³/mol. The molecule has 1 aliphatic rings. The van der Waals surface area contributed by atoms with Crippen LogP contribution in [-0.2, 0) is 9.47 Å². The highest BCUT2D eigenvalue weighted by atomic mass is 16.5. The highest BCUT2D eigenvalue weighted by molar-refractivity contribution is 4.82. The molecule has 0 amide bonds. The van der Waals surface area contributed by atoms with Gasteiger partial charge in [0.15, 0.2) is 0 Å². The van der Waals surface area contributed by atoms with Gasteiger partial charge >= 0.3 is 0 Å². The SMILES string of the molecule is COC(C)(C)CCOC1CC(C)CCC1N. The summed E-state index contributed by atoms with van der Waals surface area (Å²) in [5.41, 5.74) is 5.97. The molecule has 0 spiro atoms. The molecule has 0 aromatic carbocycles. The average Bonchev–Trinajstić information content (AvgIpc) is 2.23. The molecular formula is C13H27NO2. The minimum Gasteiger partial charge on any atom is -0.379 e. The molecule has 0 bridgehead atoms. The van der Waals surface area contributed by atoms with Crippen LogP contribution in [0, 0.1) is 5.92 Å². The van der Waals surface area contributed by atoms with E-state index < -0.39 is 0 Å². The van der Waals surface area contributed by atoms with Crippen LogP contribution in [0.5, 0.6) is 0 Å². The van der Waals surface area contributed by atoms with Gasteiger partial charge in [-0.2, -0.15) is 0 Å². The molecule has 3 unspecified atom stereocenters. The van der Waals surface area contributed by atoms with Crippen molar-refractivity contribution in [2.45, 2.75) is 64.2 Å². The lowest BCUT2D eigenvalue weighted by atomic mass is 9.85. The third kappa shape index (κ3) is 4.40. The lowest BCUT2D eigenvalue weighted by Crippen LogP contribution is -2.42. The van der Waals surface area contributed by atoms with Crippen LogP contribution in [0.3, 0.4) is 0 Å². The Bertz CT molecular complexity index is 206. The van der Waals surface area contributed by atoms with Crippen LogP contribution in [0.1, 0.15) is 46.5 Å². The van der Waals surface area contributed by atoms with E-state index in [1.807, 2.05) is 0 Å². The Labute approximate surface area is 99.7 Å². The number of nitrogens with two attached hydrogens (primary N) is 1. The molecule has 3 atom stereocenters. The number of ether oxygens (including phenoxy) is 2. The molecule has 0 heterocycles. The van der Waals surface area contributed by atoms with Crippen molar-refractivity contribution in [1.82, 2.24) is 0 Å². The van der Waals surface area contributed by atoms with E-state index in [1.165, 1.54) is 6.42 Å². The van der Waals surface area contributed by atoms with E-state index in [0.717, 1.165) is 31.8 Å². The van der Waals surface area contributed by atoms with Gasteiger partial charge in [0.2, 0.25) is 0 Å². The van der Waals surface area contributed by atoms with Gasteiger partial charge in [0.1, 0.15) is 0 Å². The maximum Gasteiger partial charge on any atom is 0.0728 e. The van der Waals surface area contributed by atoms with Gasteiger partial charge in [-0.25, -0.2) is 0 Å². The second-order valence-corrected chi connectivity index (χ2v) is 5.71. The first kappa shape index (κ1) is 13.9. The fraction of sp³-hybridized carbons (Fsp3) is 1.00. The predicted octanol–water partition coefficient (Wildman–Crippen LogP) is 2.33. The maximum atomic E-state index is 6.07. The molecule has 16 heavy (non-hydrogen) atoms. The second kappa shape index (κ2) is 5.99. The number of hydrogen-bond acceptors (Lipinski definition) is 3. The first-order valence-corrected chi connectivity index (χ1v) is 6.37. The van der Waals surface area contributed by atoms with Crippen molar-refractivity contribution in [3.8, 4) is 0 Å². The molecule has 0 aromatic rings. The van der Waals surface area contributed by atoms with Crippen molar-refractivity contribution in [1.29, 1.82) is 0 Å². The van der Waals surface area contributed by atoms with E-state index in [-0.39, 0.29) is 17.7 Å². The Morgan fingerprint density at radius 2 is 2.00 bits per heavy atom. The van der Waals surface area contributed by atoms with Gasteiger partial charge in [-0.05, 0) is 45.4 Å². The Morgan fingerprint density at radius 1 is 1.31 bits per heavy atom. The highest BCUT2D eigenvalue weighted by Gasteiger charge is 2.27. The fourth-order valence-corrected chi connectivity index (χ4v) is 2.10. The number of hydrogen-bond donors (Lipinski definition) is 1. The Morgan fingerprint density at radius 3 is 2.62 bits per heavy atom. The molecular weight excluding hydrogens is 202 g/mol. The van der Waals surface area contributed by atoms with Gasteiger partial charge in [-0.1, -0.05) is 6.92 Å². The van der Waals surface area contributed by atoms with Gasteiger partial charge in [0, 0.05) is 19.8 Å². The van der Waals surface area contributed by atoms with Crippen molar-refractivity contribution in [2.75, 3.05) is 13.7 Å². The topological polar surface area (TPSA) is 44.5 Å². The van der Waals surface area contributed by atoms with E-state index in [2.05, 4.69) is 20.8 Å².